The predicted molar refractivity (Wildman–Crippen MR) is 42.1 cm³/mol. The van der Waals surface area contributed by atoms with E-state index in [2.05, 4.69) is 12.2 Å². The van der Waals surface area contributed by atoms with Crippen molar-refractivity contribution >= 4 is 5.91 Å². The molecule has 0 aromatic rings. The van der Waals surface area contributed by atoms with Crippen molar-refractivity contribution in [2.24, 2.45) is 5.92 Å². The van der Waals surface area contributed by atoms with Gasteiger partial charge in [0.1, 0.15) is 0 Å². The van der Waals surface area contributed by atoms with E-state index < -0.39 is 0 Å². The van der Waals surface area contributed by atoms with Crippen LogP contribution in [0.5, 0.6) is 0 Å². The second-order valence-electron chi connectivity index (χ2n) is 2.81. The number of aliphatic hydroxyl groups excluding tert-OH is 1. The Bertz CT molecular complexity index is 187. The number of aliphatic hydroxyl groups is 1. The molecule has 11 heavy (non-hydrogen) atoms. The molecule has 0 fully saturated rings. The van der Waals surface area contributed by atoms with Gasteiger partial charge < -0.3 is 10.4 Å². The standard InChI is InChI=1S/C8H13NO2/c1-2-3-6-4-7(10)8(11)9-5-6/h4,6,10H,2-3,5H2,1H3,(H,9,11). The smallest absolute Gasteiger partial charge is 0.285 e. The van der Waals surface area contributed by atoms with Gasteiger partial charge >= 0.3 is 0 Å². The molecule has 1 amide bonds. The minimum atomic E-state index is -0.350. The molecule has 0 aliphatic carbocycles. The fraction of sp³-hybridized carbons (Fsp3) is 0.625. The van der Waals surface area contributed by atoms with Crippen LogP contribution < -0.4 is 5.32 Å². The highest BCUT2D eigenvalue weighted by atomic mass is 16.3. The van der Waals surface area contributed by atoms with Gasteiger partial charge in [-0.05, 0) is 18.4 Å². The maximum atomic E-state index is 10.7. The largest absolute Gasteiger partial charge is 0.503 e. The van der Waals surface area contributed by atoms with Crippen molar-refractivity contribution < 1.29 is 9.90 Å². The highest BCUT2D eigenvalue weighted by Crippen LogP contribution is 2.12. The number of rotatable bonds is 2. The Hall–Kier alpha value is -0.990. The summed E-state index contributed by atoms with van der Waals surface area (Å²) in [5, 5.41) is 11.6. The van der Waals surface area contributed by atoms with Gasteiger partial charge in [0, 0.05) is 6.54 Å². The van der Waals surface area contributed by atoms with Crippen LogP contribution in [-0.4, -0.2) is 17.6 Å². The van der Waals surface area contributed by atoms with Crippen LogP contribution in [0.25, 0.3) is 0 Å². The van der Waals surface area contributed by atoms with Crippen LogP contribution in [0, 0.1) is 5.92 Å². The first-order valence-corrected chi connectivity index (χ1v) is 3.93. The maximum absolute atomic E-state index is 10.7. The van der Waals surface area contributed by atoms with E-state index in [9.17, 15) is 4.79 Å². The lowest BCUT2D eigenvalue weighted by Crippen LogP contribution is -2.34. The van der Waals surface area contributed by atoms with Crippen molar-refractivity contribution in [2.75, 3.05) is 6.54 Å². The molecule has 0 radical (unpaired) electrons. The molecule has 0 spiro atoms. The predicted octanol–water partition coefficient (Wildman–Crippen LogP) is 0.974. The first kappa shape index (κ1) is 8.11. The third-order valence-electron chi connectivity index (χ3n) is 1.81. The van der Waals surface area contributed by atoms with Gasteiger partial charge in [0.2, 0.25) is 0 Å². The fourth-order valence-electron chi connectivity index (χ4n) is 1.23. The zero-order valence-corrected chi connectivity index (χ0v) is 6.63. The molecule has 1 unspecified atom stereocenters. The molecule has 3 nitrogen and oxygen atoms in total. The third-order valence-corrected chi connectivity index (χ3v) is 1.81. The van der Waals surface area contributed by atoms with Crippen LogP contribution in [0.4, 0.5) is 0 Å². The second-order valence-corrected chi connectivity index (χ2v) is 2.81. The van der Waals surface area contributed by atoms with E-state index in [1.807, 2.05) is 0 Å². The summed E-state index contributed by atoms with van der Waals surface area (Å²) < 4.78 is 0. The van der Waals surface area contributed by atoms with Crippen LogP contribution in [0.1, 0.15) is 19.8 Å². The number of nitrogens with one attached hydrogen (secondary N) is 1. The van der Waals surface area contributed by atoms with E-state index in [4.69, 9.17) is 5.11 Å². The SMILES string of the molecule is CCCC1C=C(O)C(=O)NC1. The maximum Gasteiger partial charge on any atom is 0.285 e. The normalized spacial score (nSPS) is 24.3. The highest BCUT2D eigenvalue weighted by Gasteiger charge is 2.17. The number of carbonyl (C=O) groups is 1. The Morgan fingerprint density at radius 1 is 1.82 bits per heavy atom. The summed E-state index contributed by atoms with van der Waals surface area (Å²) >= 11 is 0. The minimum absolute atomic E-state index is 0.130. The van der Waals surface area contributed by atoms with Crippen molar-refractivity contribution in [1.29, 1.82) is 0 Å². The Balaban J connectivity index is 2.54. The van der Waals surface area contributed by atoms with Crippen molar-refractivity contribution in [1.82, 2.24) is 5.32 Å². The molecule has 1 aliphatic heterocycles. The van der Waals surface area contributed by atoms with Gasteiger partial charge in [0.05, 0.1) is 0 Å². The van der Waals surface area contributed by atoms with Gasteiger partial charge in [-0.2, -0.15) is 0 Å². The number of hydrogen-bond acceptors (Lipinski definition) is 2. The first-order valence-electron chi connectivity index (χ1n) is 3.93. The molecule has 1 aliphatic rings. The molecule has 1 atom stereocenters. The van der Waals surface area contributed by atoms with Crippen molar-refractivity contribution in [3.63, 3.8) is 0 Å². The second kappa shape index (κ2) is 3.42. The summed E-state index contributed by atoms with van der Waals surface area (Å²) in [5.74, 6) is -0.162. The summed E-state index contributed by atoms with van der Waals surface area (Å²) in [7, 11) is 0. The third kappa shape index (κ3) is 1.97. The van der Waals surface area contributed by atoms with Gasteiger partial charge in [-0.3, -0.25) is 4.79 Å². The average molecular weight is 155 g/mol. The zero-order valence-electron chi connectivity index (χ0n) is 6.63. The van der Waals surface area contributed by atoms with E-state index in [1.165, 1.54) is 0 Å². The van der Waals surface area contributed by atoms with Crippen LogP contribution in [0.3, 0.4) is 0 Å². The van der Waals surface area contributed by atoms with E-state index >= 15 is 0 Å². The number of amides is 1. The molecule has 0 bridgehead atoms. The van der Waals surface area contributed by atoms with E-state index in [-0.39, 0.29) is 11.7 Å². The Labute approximate surface area is 66.1 Å². The molecule has 1 heterocycles. The molecule has 1 rings (SSSR count). The number of hydrogen-bond donors (Lipinski definition) is 2. The first-order chi connectivity index (χ1) is 5.24. The van der Waals surface area contributed by atoms with Crippen LogP contribution in [-0.2, 0) is 4.79 Å². The molecule has 0 aromatic heterocycles. The number of carbonyl (C=O) groups excluding carboxylic acids is 1. The van der Waals surface area contributed by atoms with E-state index in [0.717, 1.165) is 12.8 Å². The summed E-state index contributed by atoms with van der Waals surface area (Å²) in [5.41, 5.74) is 0. The molecule has 3 heteroatoms. The van der Waals surface area contributed by atoms with Gasteiger partial charge in [-0.1, -0.05) is 13.3 Å². The molecular formula is C8H13NO2. The summed E-state index contributed by atoms with van der Waals surface area (Å²) in [6.45, 7) is 2.75. The van der Waals surface area contributed by atoms with Gasteiger partial charge in [-0.25, -0.2) is 0 Å². The fourth-order valence-corrected chi connectivity index (χ4v) is 1.23. The van der Waals surface area contributed by atoms with Crippen LogP contribution >= 0.6 is 0 Å². The highest BCUT2D eigenvalue weighted by molar-refractivity contribution is 5.91. The minimum Gasteiger partial charge on any atom is -0.503 e. The van der Waals surface area contributed by atoms with Crippen molar-refractivity contribution in [3.8, 4) is 0 Å². The Kier molecular flexibility index (Phi) is 2.52. The Morgan fingerprint density at radius 2 is 2.55 bits per heavy atom. The summed E-state index contributed by atoms with van der Waals surface area (Å²) in [4.78, 5) is 10.7. The summed E-state index contributed by atoms with van der Waals surface area (Å²) in [6, 6.07) is 0. The summed E-state index contributed by atoms with van der Waals surface area (Å²) in [6.07, 6.45) is 3.73. The molecule has 62 valence electrons. The topological polar surface area (TPSA) is 49.3 Å². The lowest BCUT2D eigenvalue weighted by atomic mass is 10.0. The van der Waals surface area contributed by atoms with Gasteiger partial charge in [0.25, 0.3) is 5.91 Å². The zero-order chi connectivity index (χ0) is 8.27. The van der Waals surface area contributed by atoms with E-state index in [0.29, 0.717) is 12.5 Å². The van der Waals surface area contributed by atoms with Crippen molar-refractivity contribution in [2.45, 2.75) is 19.8 Å². The molecule has 0 saturated carbocycles. The lowest BCUT2D eigenvalue weighted by Gasteiger charge is -2.17. The molecular weight excluding hydrogens is 142 g/mol. The molecule has 2 N–H and O–H groups in total. The van der Waals surface area contributed by atoms with Crippen LogP contribution in [0.2, 0.25) is 0 Å². The van der Waals surface area contributed by atoms with Gasteiger partial charge in [-0.15, -0.1) is 0 Å². The Morgan fingerprint density at radius 3 is 3.09 bits per heavy atom. The van der Waals surface area contributed by atoms with Crippen molar-refractivity contribution in [3.05, 3.63) is 11.8 Å². The van der Waals surface area contributed by atoms with E-state index in [1.54, 1.807) is 6.08 Å². The van der Waals surface area contributed by atoms with Gasteiger partial charge in [0.15, 0.2) is 5.76 Å². The molecule has 0 aromatic carbocycles. The lowest BCUT2D eigenvalue weighted by molar-refractivity contribution is -0.120. The van der Waals surface area contributed by atoms with Crippen LogP contribution in [0.15, 0.2) is 11.8 Å². The monoisotopic (exact) mass is 155 g/mol. The quantitative estimate of drug-likeness (QED) is 0.624. The average Bonchev–Trinajstić information content (AvgIpc) is 1.98. The molecule has 0 saturated heterocycles.